The average Bonchev–Trinajstić information content (AvgIpc) is 3.17. The molecule has 0 spiro atoms. The van der Waals surface area contributed by atoms with Gasteiger partial charge in [-0.3, -0.25) is 14.6 Å². The molecule has 0 aliphatic rings. The van der Waals surface area contributed by atoms with Crippen molar-refractivity contribution in [3.05, 3.63) is 90.4 Å². The molecule has 4 rings (SSSR count). The maximum atomic E-state index is 12.7. The molecule has 6 heteroatoms. The molecule has 2 amide bonds. The molecule has 0 fully saturated rings. The van der Waals surface area contributed by atoms with Crippen molar-refractivity contribution in [3.63, 3.8) is 0 Å². The van der Waals surface area contributed by atoms with Crippen molar-refractivity contribution in [2.45, 2.75) is 13.5 Å². The summed E-state index contributed by atoms with van der Waals surface area (Å²) in [4.78, 5) is 28.9. The molecule has 4 aromatic rings. The van der Waals surface area contributed by atoms with Gasteiger partial charge < -0.3 is 15.2 Å². The van der Waals surface area contributed by atoms with Crippen LogP contribution in [-0.2, 0) is 6.54 Å². The second kappa shape index (κ2) is 7.98. The molecular formula is C23H20N4O2. The van der Waals surface area contributed by atoms with Gasteiger partial charge in [0.2, 0.25) is 0 Å². The number of nitrogens with one attached hydrogen (secondary N) is 2. The Morgan fingerprint density at radius 3 is 2.41 bits per heavy atom. The number of pyridine rings is 1. The summed E-state index contributed by atoms with van der Waals surface area (Å²) in [6.07, 6.45) is 5.13. The normalized spacial score (nSPS) is 10.7. The van der Waals surface area contributed by atoms with Crippen molar-refractivity contribution in [1.82, 2.24) is 9.55 Å². The smallest absolute Gasteiger partial charge is 0.257 e. The number of rotatable bonds is 5. The second-order valence-electron chi connectivity index (χ2n) is 6.61. The highest BCUT2D eigenvalue weighted by Crippen LogP contribution is 2.21. The molecule has 0 aliphatic carbocycles. The van der Waals surface area contributed by atoms with E-state index in [1.807, 2.05) is 30.5 Å². The number of carbonyl (C=O) groups is 2. The zero-order valence-corrected chi connectivity index (χ0v) is 15.9. The lowest BCUT2D eigenvalue weighted by Gasteiger charge is -2.09. The molecule has 144 valence electrons. The summed E-state index contributed by atoms with van der Waals surface area (Å²) < 4.78 is 2.15. The Balaban J connectivity index is 1.49. The highest BCUT2D eigenvalue weighted by Gasteiger charge is 2.10. The van der Waals surface area contributed by atoms with Crippen LogP contribution in [0.4, 0.5) is 11.4 Å². The van der Waals surface area contributed by atoms with Gasteiger partial charge in [0.1, 0.15) is 0 Å². The van der Waals surface area contributed by atoms with E-state index < -0.39 is 0 Å². The van der Waals surface area contributed by atoms with Crippen LogP contribution in [-0.4, -0.2) is 21.4 Å². The lowest BCUT2D eigenvalue weighted by Crippen LogP contribution is -2.14. The molecular weight excluding hydrogens is 364 g/mol. The minimum atomic E-state index is -0.276. The summed E-state index contributed by atoms with van der Waals surface area (Å²) >= 11 is 0. The number of aromatic nitrogens is 2. The average molecular weight is 384 g/mol. The van der Waals surface area contributed by atoms with E-state index in [0.29, 0.717) is 16.8 Å². The van der Waals surface area contributed by atoms with Gasteiger partial charge in [0.25, 0.3) is 11.8 Å². The summed E-state index contributed by atoms with van der Waals surface area (Å²) in [5.74, 6) is -0.515. The Hall–Kier alpha value is -3.93. The van der Waals surface area contributed by atoms with E-state index >= 15 is 0 Å². The fourth-order valence-electron chi connectivity index (χ4n) is 3.20. The third-order valence-corrected chi connectivity index (χ3v) is 4.68. The lowest BCUT2D eigenvalue weighted by molar-refractivity contribution is 0.101. The van der Waals surface area contributed by atoms with Gasteiger partial charge in [0.05, 0.1) is 5.56 Å². The molecule has 0 saturated carbocycles. The van der Waals surface area contributed by atoms with Gasteiger partial charge in [-0.25, -0.2) is 0 Å². The zero-order chi connectivity index (χ0) is 20.2. The van der Waals surface area contributed by atoms with Crippen molar-refractivity contribution in [1.29, 1.82) is 0 Å². The summed E-state index contributed by atoms with van der Waals surface area (Å²) in [5.41, 5.74) is 3.31. The second-order valence-corrected chi connectivity index (χ2v) is 6.61. The van der Waals surface area contributed by atoms with E-state index in [1.54, 1.807) is 42.6 Å². The maximum Gasteiger partial charge on any atom is 0.257 e. The van der Waals surface area contributed by atoms with Crippen molar-refractivity contribution in [3.8, 4) is 0 Å². The van der Waals surface area contributed by atoms with E-state index in [2.05, 4.69) is 27.1 Å². The third kappa shape index (κ3) is 4.01. The van der Waals surface area contributed by atoms with Crippen LogP contribution in [0, 0.1) is 0 Å². The van der Waals surface area contributed by atoms with Gasteiger partial charge in [-0.05, 0) is 61.5 Å². The lowest BCUT2D eigenvalue weighted by atomic mass is 10.1. The predicted octanol–water partition coefficient (Wildman–Crippen LogP) is 4.56. The van der Waals surface area contributed by atoms with Crippen molar-refractivity contribution < 1.29 is 9.59 Å². The Bertz CT molecular complexity index is 1180. The Morgan fingerprint density at radius 1 is 0.897 bits per heavy atom. The van der Waals surface area contributed by atoms with Crippen LogP contribution in [0.5, 0.6) is 0 Å². The van der Waals surface area contributed by atoms with Gasteiger partial charge in [-0.15, -0.1) is 0 Å². The van der Waals surface area contributed by atoms with Crippen LogP contribution in [0.2, 0.25) is 0 Å². The zero-order valence-electron chi connectivity index (χ0n) is 15.9. The minimum absolute atomic E-state index is 0.239. The Kier molecular flexibility index (Phi) is 5.07. The first-order chi connectivity index (χ1) is 14.1. The molecule has 2 heterocycles. The molecule has 0 unspecified atom stereocenters. The topological polar surface area (TPSA) is 76.0 Å². The molecule has 0 bridgehead atoms. The van der Waals surface area contributed by atoms with E-state index in [-0.39, 0.29) is 11.8 Å². The maximum absolute atomic E-state index is 12.7. The number of nitrogens with zero attached hydrogens (tertiary/aromatic N) is 2. The number of carbonyl (C=O) groups excluding carboxylic acids is 2. The largest absolute Gasteiger partial charge is 0.348 e. The van der Waals surface area contributed by atoms with Crippen LogP contribution in [0.1, 0.15) is 27.6 Å². The number of aryl methyl sites for hydroxylation is 1. The third-order valence-electron chi connectivity index (χ3n) is 4.68. The minimum Gasteiger partial charge on any atom is -0.348 e. The van der Waals surface area contributed by atoms with Gasteiger partial charge in [-0.2, -0.15) is 0 Å². The van der Waals surface area contributed by atoms with Crippen LogP contribution in [0.25, 0.3) is 10.9 Å². The standard InChI is InChI=1S/C23H20N4O2/c1-2-27-12-10-16-13-20(8-9-21(16)27)26-22(28)17-5-3-7-19(14-17)25-23(29)18-6-4-11-24-15-18/h3-15H,2H2,1H3,(H,25,29)(H,26,28). The van der Waals surface area contributed by atoms with E-state index in [0.717, 1.165) is 23.1 Å². The monoisotopic (exact) mass is 384 g/mol. The van der Waals surface area contributed by atoms with Crippen molar-refractivity contribution in [2.75, 3.05) is 10.6 Å². The number of hydrogen-bond donors (Lipinski definition) is 2. The van der Waals surface area contributed by atoms with Crippen LogP contribution >= 0.6 is 0 Å². The highest BCUT2D eigenvalue weighted by atomic mass is 16.2. The van der Waals surface area contributed by atoms with Gasteiger partial charge in [-0.1, -0.05) is 6.07 Å². The Morgan fingerprint density at radius 2 is 1.66 bits per heavy atom. The van der Waals surface area contributed by atoms with Crippen LogP contribution in [0.3, 0.4) is 0 Å². The first-order valence-corrected chi connectivity index (χ1v) is 9.36. The number of fused-ring (bicyclic) bond motifs is 1. The molecule has 0 aliphatic heterocycles. The number of benzene rings is 2. The van der Waals surface area contributed by atoms with Crippen LogP contribution < -0.4 is 10.6 Å². The van der Waals surface area contributed by atoms with Gasteiger partial charge in [0, 0.05) is 53.0 Å². The summed E-state index contributed by atoms with van der Waals surface area (Å²) in [6.45, 7) is 2.99. The van der Waals surface area contributed by atoms with E-state index in [9.17, 15) is 9.59 Å². The quantitative estimate of drug-likeness (QED) is 0.530. The molecule has 2 N–H and O–H groups in total. The molecule has 0 atom stereocenters. The summed E-state index contributed by atoms with van der Waals surface area (Å²) in [6, 6.07) is 18.1. The first-order valence-electron chi connectivity index (χ1n) is 9.36. The van der Waals surface area contributed by atoms with Gasteiger partial charge in [0.15, 0.2) is 0 Å². The predicted molar refractivity (Wildman–Crippen MR) is 114 cm³/mol. The van der Waals surface area contributed by atoms with Crippen molar-refractivity contribution >= 4 is 34.1 Å². The molecule has 29 heavy (non-hydrogen) atoms. The van der Waals surface area contributed by atoms with Crippen LogP contribution in [0.15, 0.2) is 79.3 Å². The SMILES string of the molecule is CCn1ccc2cc(NC(=O)c3cccc(NC(=O)c4cccnc4)c3)ccc21. The summed E-state index contributed by atoms with van der Waals surface area (Å²) in [5, 5.41) is 6.78. The highest BCUT2D eigenvalue weighted by molar-refractivity contribution is 6.07. The molecule has 2 aromatic carbocycles. The molecule has 0 saturated heterocycles. The van der Waals surface area contributed by atoms with Gasteiger partial charge >= 0.3 is 0 Å². The summed E-state index contributed by atoms with van der Waals surface area (Å²) in [7, 11) is 0. The first kappa shape index (κ1) is 18.4. The fraction of sp³-hybridized carbons (Fsp3) is 0.0870. The van der Waals surface area contributed by atoms with E-state index in [4.69, 9.17) is 0 Å². The number of hydrogen-bond acceptors (Lipinski definition) is 3. The Labute approximate surface area is 168 Å². The van der Waals surface area contributed by atoms with Crippen molar-refractivity contribution in [2.24, 2.45) is 0 Å². The molecule has 0 radical (unpaired) electrons. The fourth-order valence-corrected chi connectivity index (χ4v) is 3.20. The number of anilines is 2. The molecule has 2 aromatic heterocycles. The number of amides is 2. The van der Waals surface area contributed by atoms with E-state index in [1.165, 1.54) is 6.20 Å². The molecule has 6 nitrogen and oxygen atoms in total.